The molecule has 0 aromatic heterocycles. The predicted octanol–water partition coefficient (Wildman–Crippen LogP) is -2.29. The molecular weight excluding hydrogens is 441 g/mol. The molecule has 1 aliphatic carbocycles. The Labute approximate surface area is 208 Å². The Bertz CT molecular complexity index is 1270. The summed E-state index contributed by atoms with van der Waals surface area (Å²) in [5.74, 6) is -2.82. The number of carboxylic acid groups (broad SMARTS) is 1. The molecule has 1 fully saturated rings. The fraction of sp³-hybridized carbons (Fsp3) is 0.261. The second kappa shape index (κ2) is 8.04. The number of benzene rings is 2. The number of β-lactam (4-membered cyclic amide) rings is 1. The summed E-state index contributed by atoms with van der Waals surface area (Å²) < 4.78 is 12.5. The third-order valence-electron chi connectivity index (χ3n) is 6.37. The number of hydrogen-bond donors (Lipinski definition) is 1. The van der Waals surface area contributed by atoms with Crippen molar-refractivity contribution in [2.24, 2.45) is 5.92 Å². The van der Waals surface area contributed by atoms with Crippen LogP contribution in [-0.4, -0.2) is 50.3 Å². The predicted molar refractivity (Wildman–Crippen MR) is 110 cm³/mol. The smallest absolute Gasteiger partial charge is 0.543 e. The van der Waals surface area contributed by atoms with Crippen molar-refractivity contribution in [2.75, 3.05) is 6.26 Å². The maximum absolute atomic E-state index is 13.0. The number of aliphatic carboxylic acids is 1. The van der Waals surface area contributed by atoms with Crippen LogP contribution in [0.2, 0.25) is 0 Å². The van der Waals surface area contributed by atoms with Gasteiger partial charge in [0.15, 0.2) is 5.78 Å². The van der Waals surface area contributed by atoms with Crippen LogP contribution < -0.4 is 34.7 Å². The van der Waals surface area contributed by atoms with E-state index in [-0.39, 0.29) is 47.5 Å². The monoisotopic (exact) mass is 459 g/mol. The molecule has 0 radical (unpaired) electrons. The largest absolute Gasteiger partial charge is 1.00 e. The molecule has 2 aromatic carbocycles. The van der Waals surface area contributed by atoms with Crippen molar-refractivity contribution in [1.29, 1.82) is 0 Å². The van der Waals surface area contributed by atoms with Crippen LogP contribution >= 0.6 is 0 Å². The zero-order valence-electron chi connectivity index (χ0n) is 17.7. The molecule has 32 heavy (non-hydrogen) atoms. The Morgan fingerprint density at radius 1 is 1.19 bits per heavy atom. The van der Waals surface area contributed by atoms with Crippen molar-refractivity contribution in [3.8, 4) is 11.1 Å². The van der Waals surface area contributed by atoms with Crippen LogP contribution in [0.3, 0.4) is 0 Å². The van der Waals surface area contributed by atoms with Gasteiger partial charge in [0.25, 0.3) is 0 Å². The molecule has 3 aliphatic rings. The van der Waals surface area contributed by atoms with Gasteiger partial charge in [-0.05, 0) is 47.7 Å². The standard InChI is InChI=1S/C23H19NO6S.Na/c1-10(25)18-16-9-14(20(23(28)29)24(16)22(18)27)11-7-15-12-5-3-4-6-13(12)21(26)19(15)17(8-11)31(2)30;/h3-8,10,16,18,25H,9H2,1-2H3,(H,28,29);/q;+1/p-1/t10-,16-,18-,31?;/m1./s1. The second-order valence-corrected chi connectivity index (χ2v) is 9.43. The van der Waals surface area contributed by atoms with Crippen LogP contribution in [0.15, 0.2) is 47.0 Å². The molecule has 2 aromatic rings. The average molecular weight is 459 g/mol. The first-order valence-corrected chi connectivity index (χ1v) is 11.4. The first-order chi connectivity index (χ1) is 14.7. The van der Waals surface area contributed by atoms with Gasteiger partial charge in [0.05, 0.1) is 45.4 Å². The van der Waals surface area contributed by atoms with E-state index < -0.39 is 40.7 Å². The van der Waals surface area contributed by atoms with Gasteiger partial charge < -0.3 is 19.9 Å². The number of rotatable bonds is 4. The van der Waals surface area contributed by atoms with E-state index in [2.05, 4.69) is 0 Å². The summed E-state index contributed by atoms with van der Waals surface area (Å²) in [7, 11) is -1.50. The number of nitrogens with zero attached hydrogens (tertiary/aromatic N) is 1. The summed E-state index contributed by atoms with van der Waals surface area (Å²) in [5, 5.41) is 21.9. The Kier molecular flexibility index (Phi) is 5.80. The molecular formula is C23H18NNaO6S. The van der Waals surface area contributed by atoms with Gasteiger partial charge in [-0.1, -0.05) is 24.3 Å². The van der Waals surface area contributed by atoms with Crippen LogP contribution in [-0.2, 0) is 20.4 Å². The first-order valence-electron chi connectivity index (χ1n) is 9.84. The van der Waals surface area contributed by atoms with E-state index >= 15 is 0 Å². The van der Waals surface area contributed by atoms with Crippen molar-refractivity contribution < 1.29 is 58.4 Å². The molecule has 1 saturated heterocycles. The number of aliphatic hydroxyl groups excluding tert-OH is 1. The number of carbonyl (C=O) groups excluding carboxylic acids is 3. The fourth-order valence-corrected chi connectivity index (χ4v) is 5.81. The number of ketones is 1. The van der Waals surface area contributed by atoms with Crippen molar-refractivity contribution in [3.63, 3.8) is 0 Å². The minimum Gasteiger partial charge on any atom is -0.543 e. The Morgan fingerprint density at radius 2 is 1.84 bits per heavy atom. The van der Waals surface area contributed by atoms with E-state index in [1.165, 1.54) is 18.1 Å². The van der Waals surface area contributed by atoms with E-state index in [9.17, 15) is 28.8 Å². The average Bonchev–Trinajstić information content (AvgIpc) is 3.21. The molecule has 1 amide bonds. The summed E-state index contributed by atoms with van der Waals surface area (Å²) in [5.41, 5.74) is 2.81. The number of amides is 1. The number of carboxylic acids is 1. The van der Waals surface area contributed by atoms with E-state index in [1.54, 1.807) is 36.4 Å². The zero-order chi connectivity index (χ0) is 22.2. The van der Waals surface area contributed by atoms with Gasteiger partial charge in [-0.15, -0.1) is 0 Å². The second-order valence-electron chi connectivity index (χ2n) is 8.09. The third kappa shape index (κ3) is 3.08. The zero-order valence-corrected chi connectivity index (χ0v) is 20.6. The Hall–Kier alpha value is -2.10. The number of aliphatic hydroxyl groups is 1. The van der Waals surface area contributed by atoms with Crippen LogP contribution in [0.4, 0.5) is 0 Å². The van der Waals surface area contributed by atoms with Crippen molar-refractivity contribution >= 4 is 34.0 Å². The number of hydrogen-bond acceptors (Lipinski definition) is 6. The Morgan fingerprint density at radius 3 is 2.44 bits per heavy atom. The van der Waals surface area contributed by atoms with Crippen LogP contribution in [0, 0.1) is 5.92 Å². The molecule has 0 saturated carbocycles. The molecule has 1 N–H and O–H groups in total. The molecule has 4 atom stereocenters. The van der Waals surface area contributed by atoms with Gasteiger partial charge in [0.2, 0.25) is 5.91 Å². The molecule has 2 aliphatic heterocycles. The summed E-state index contributed by atoms with van der Waals surface area (Å²) >= 11 is 0. The van der Waals surface area contributed by atoms with Crippen molar-refractivity contribution in [1.82, 2.24) is 4.90 Å². The number of carbonyl (C=O) groups is 3. The van der Waals surface area contributed by atoms with Gasteiger partial charge in [-0.3, -0.25) is 13.8 Å². The van der Waals surface area contributed by atoms with Gasteiger partial charge >= 0.3 is 29.6 Å². The topological polar surface area (TPSA) is 115 Å². The molecule has 158 valence electrons. The molecule has 1 unspecified atom stereocenters. The maximum Gasteiger partial charge on any atom is 1.00 e. The van der Waals surface area contributed by atoms with E-state index in [0.29, 0.717) is 38.3 Å². The minimum atomic E-state index is -1.50. The van der Waals surface area contributed by atoms with Crippen molar-refractivity contribution in [2.45, 2.75) is 30.4 Å². The quantitative estimate of drug-likeness (QED) is 0.347. The molecule has 0 spiro atoms. The summed E-state index contributed by atoms with van der Waals surface area (Å²) in [6.07, 6.45) is 0.798. The van der Waals surface area contributed by atoms with Crippen molar-refractivity contribution in [3.05, 3.63) is 58.8 Å². The third-order valence-corrected chi connectivity index (χ3v) is 7.31. The molecule has 7 nitrogen and oxygen atoms in total. The Balaban J connectivity index is 0.00000245. The molecule has 5 rings (SSSR count). The van der Waals surface area contributed by atoms with Crippen LogP contribution in [0.1, 0.15) is 34.8 Å². The van der Waals surface area contributed by atoms with Gasteiger partial charge in [0, 0.05) is 17.4 Å². The molecule has 2 heterocycles. The minimum absolute atomic E-state index is 0. The summed E-state index contributed by atoms with van der Waals surface area (Å²) in [6, 6.07) is 9.90. The molecule has 9 heteroatoms. The van der Waals surface area contributed by atoms with Gasteiger partial charge in [0.1, 0.15) is 0 Å². The van der Waals surface area contributed by atoms with E-state index in [0.717, 1.165) is 0 Å². The SMILES string of the molecule is C[C@@H](O)[C@H]1C(=O)N2C(C(=O)[O-])=C(c3cc4c(c(S(C)=O)c3)C(=O)c3ccccc3-4)C[C@H]12.[Na+]. The van der Waals surface area contributed by atoms with E-state index in [1.807, 2.05) is 0 Å². The molecule has 0 bridgehead atoms. The van der Waals surface area contributed by atoms with Gasteiger partial charge in [-0.25, -0.2) is 0 Å². The number of fused-ring (bicyclic) bond motifs is 4. The fourth-order valence-electron chi connectivity index (χ4n) is 5.03. The van der Waals surface area contributed by atoms with E-state index in [4.69, 9.17) is 0 Å². The summed E-state index contributed by atoms with van der Waals surface area (Å²) in [6.45, 7) is 1.51. The maximum atomic E-state index is 13.0. The van der Waals surface area contributed by atoms with Crippen LogP contribution in [0.25, 0.3) is 16.7 Å². The normalized spacial score (nSPS) is 22.5. The summed E-state index contributed by atoms with van der Waals surface area (Å²) in [4.78, 5) is 38.9. The first kappa shape index (κ1) is 23.1. The van der Waals surface area contributed by atoms with Crippen LogP contribution in [0.5, 0.6) is 0 Å². The van der Waals surface area contributed by atoms with Gasteiger partial charge in [-0.2, -0.15) is 0 Å².